The summed E-state index contributed by atoms with van der Waals surface area (Å²) in [4.78, 5) is 2.48. The van der Waals surface area contributed by atoms with Crippen LogP contribution >= 0.6 is 0 Å². The average molecular weight is 198 g/mol. The van der Waals surface area contributed by atoms with E-state index in [1.54, 1.807) is 0 Å². The van der Waals surface area contributed by atoms with E-state index in [1.807, 2.05) is 6.08 Å². The smallest absolute Gasteiger partial charge is 0.119 e. The first-order valence-electron chi connectivity index (χ1n) is 5.12. The first-order chi connectivity index (χ1) is 6.04. The van der Waals surface area contributed by atoms with Gasteiger partial charge in [-0.1, -0.05) is 25.7 Å². The Hall–Kier alpha value is -0.123. The molecular formula is C10H22N2Si. The van der Waals surface area contributed by atoms with E-state index in [9.17, 15) is 0 Å². The standard InChI is InChI=1S/C10H22N2Si/c1-5-6-11-7-9-12(10-8-11)13(2,3)4/h5H,1,6-10H2,2-4H3. The van der Waals surface area contributed by atoms with Gasteiger partial charge in [-0.15, -0.1) is 6.58 Å². The molecule has 1 aliphatic rings. The van der Waals surface area contributed by atoms with E-state index in [-0.39, 0.29) is 0 Å². The van der Waals surface area contributed by atoms with Crippen LogP contribution in [0.3, 0.4) is 0 Å². The Morgan fingerprint density at radius 3 is 2.08 bits per heavy atom. The van der Waals surface area contributed by atoms with Gasteiger partial charge in [0.25, 0.3) is 0 Å². The second-order valence-corrected chi connectivity index (χ2v) is 9.72. The van der Waals surface area contributed by atoms with Crippen LogP contribution in [0.1, 0.15) is 0 Å². The maximum Gasteiger partial charge on any atom is 0.119 e. The second kappa shape index (κ2) is 4.40. The monoisotopic (exact) mass is 198 g/mol. The van der Waals surface area contributed by atoms with Crippen molar-refractivity contribution >= 4 is 8.24 Å². The Kier molecular flexibility index (Phi) is 3.70. The van der Waals surface area contributed by atoms with Crippen molar-refractivity contribution in [3.8, 4) is 0 Å². The predicted molar refractivity (Wildman–Crippen MR) is 61.6 cm³/mol. The van der Waals surface area contributed by atoms with Crippen LogP contribution in [0.25, 0.3) is 0 Å². The van der Waals surface area contributed by atoms with Crippen LogP contribution in [0.4, 0.5) is 0 Å². The van der Waals surface area contributed by atoms with Crippen molar-refractivity contribution in [2.24, 2.45) is 0 Å². The fourth-order valence-electron chi connectivity index (χ4n) is 1.78. The Morgan fingerprint density at radius 1 is 1.15 bits per heavy atom. The second-order valence-electron chi connectivity index (χ2n) is 4.75. The van der Waals surface area contributed by atoms with E-state index >= 15 is 0 Å². The molecule has 0 aliphatic carbocycles. The highest BCUT2D eigenvalue weighted by Gasteiger charge is 2.26. The normalized spacial score (nSPS) is 21.8. The third-order valence-corrected chi connectivity index (χ3v) is 5.05. The van der Waals surface area contributed by atoms with Gasteiger partial charge in [0, 0.05) is 32.7 Å². The van der Waals surface area contributed by atoms with Crippen molar-refractivity contribution in [3.05, 3.63) is 12.7 Å². The number of hydrogen-bond acceptors (Lipinski definition) is 2. The molecule has 0 bridgehead atoms. The van der Waals surface area contributed by atoms with Crippen molar-refractivity contribution in [2.45, 2.75) is 19.6 Å². The highest BCUT2D eigenvalue weighted by molar-refractivity contribution is 6.73. The van der Waals surface area contributed by atoms with Gasteiger partial charge < -0.3 is 4.57 Å². The molecule has 0 atom stereocenters. The Labute approximate surface area is 83.3 Å². The zero-order valence-electron chi connectivity index (χ0n) is 9.21. The largest absolute Gasteiger partial charge is 0.321 e. The van der Waals surface area contributed by atoms with Gasteiger partial charge in [-0.3, -0.25) is 4.90 Å². The summed E-state index contributed by atoms with van der Waals surface area (Å²) in [6, 6.07) is 0. The van der Waals surface area contributed by atoms with E-state index in [0.717, 1.165) is 6.54 Å². The molecule has 76 valence electrons. The molecule has 0 spiro atoms. The lowest BCUT2D eigenvalue weighted by molar-refractivity contribution is 0.200. The predicted octanol–water partition coefficient (Wildman–Crippen LogP) is 1.62. The molecular weight excluding hydrogens is 176 g/mol. The first kappa shape index (κ1) is 11.0. The zero-order chi connectivity index (χ0) is 9.90. The molecule has 1 fully saturated rings. The molecule has 1 rings (SSSR count). The van der Waals surface area contributed by atoms with Crippen molar-refractivity contribution in [1.29, 1.82) is 0 Å². The molecule has 0 N–H and O–H groups in total. The molecule has 2 nitrogen and oxygen atoms in total. The van der Waals surface area contributed by atoms with Crippen LogP contribution in [0.2, 0.25) is 19.6 Å². The van der Waals surface area contributed by atoms with Crippen LogP contribution in [-0.2, 0) is 0 Å². The van der Waals surface area contributed by atoms with Crippen molar-refractivity contribution in [2.75, 3.05) is 32.7 Å². The van der Waals surface area contributed by atoms with Gasteiger partial charge in [0.2, 0.25) is 0 Å². The summed E-state index contributed by atoms with van der Waals surface area (Å²) in [5.41, 5.74) is 0. The van der Waals surface area contributed by atoms with Crippen LogP contribution < -0.4 is 0 Å². The Balaban J connectivity index is 2.34. The highest BCUT2D eigenvalue weighted by atomic mass is 28.3. The van der Waals surface area contributed by atoms with Crippen LogP contribution in [-0.4, -0.2) is 50.4 Å². The summed E-state index contributed by atoms with van der Waals surface area (Å²) in [6.45, 7) is 17.1. The third kappa shape index (κ3) is 3.25. The topological polar surface area (TPSA) is 6.48 Å². The quantitative estimate of drug-likeness (QED) is 0.502. The lowest BCUT2D eigenvalue weighted by Crippen LogP contribution is -2.55. The number of hydrogen-bond donors (Lipinski definition) is 0. The number of rotatable bonds is 3. The minimum Gasteiger partial charge on any atom is -0.321 e. The summed E-state index contributed by atoms with van der Waals surface area (Å²) in [7, 11) is -1.03. The molecule has 0 aromatic rings. The zero-order valence-corrected chi connectivity index (χ0v) is 10.2. The van der Waals surface area contributed by atoms with Crippen molar-refractivity contribution in [1.82, 2.24) is 9.47 Å². The molecule has 0 unspecified atom stereocenters. The van der Waals surface area contributed by atoms with E-state index in [2.05, 4.69) is 35.7 Å². The maximum atomic E-state index is 3.78. The van der Waals surface area contributed by atoms with Gasteiger partial charge >= 0.3 is 0 Å². The lowest BCUT2D eigenvalue weighted by atomic mass is 10.3. The van der Waals surface area contributed by atoms with Crippen LogP contribution in [0, 0.1) is 0 Å². The molecule has 0 radical (unpaired) electrons. The van der Waals surface area contributed by atoms with Gasteiger partial charge in [0.1, 0.15) is 8.24 Å². The summed E-state index contributed by atoms with van der Waals surface area (Å²) in [6.07, 6.45) is 2.00. The molecule has 1 saturated heterocycles. The van der Waals surface area contributed by atoms with Gasteiger partial charge in [0.15, 0.2) is 0 Å². The van der Waals surface area contributed by atoms with Gasteiger partial charge in [-0.25, -0.2) is 0 Å². The summed E-state index contributed by atoms with van der Waals surface area (Å²) < 4.78 is 2.69. The minimum atomic E-state index is -1.03. The van der Waals surface area contributed by atoms with E-state index in [1.165, 1.54) is 26.2 Å². The van der Waals surface area contributed by atoms with Crippen molar-refractivity contribution in [3.63, 3.8) is 0 Å². The summed E-state index contributed by atoms with van der Waals surface area (Å²) in [5.74, 6) is 0. The summed E-state index contributed by atoms with van der Waals surface area (Å²) >= 11 is 0. The molecule has 1 aliphatic heterocycles. The first-order valence-corrected chi connectivity index (χ1v) is 8.57. The van der Waals surface area contributed by atoms with Crippen molar-refractivity contribution < 1.29 is 0 Å². The molecule has 0 saturated carbocycles. The fourth-order valence-corrected chi connectivity index (χ4v) is 3.33. The number of nitrogens with zero attached hydrogens (tertiary/aromatic N) is 2. The Morgan fingerprint density at radius 2 is 1.69 bits per heavy atom. The average Bonchev–Trinajstić information content (AvgIpc) is 2.04. The summed E-state index contributed by atoms with van der Waals surface area (Å²) in [5, 5.41) is 0. The minimum absolute atomic E-state index is 1.03. The van der Waals surface area contributed by atoms with Crippen LogP contribution in [0.5, 0.6) is 0 Å². The van der Waals surface area contributed by atoms with Gasteiger partial charge in [-0.2, -0.15) is 0 Å². The molecule has 1 heterocycles. The molecule has 0 amide bonds. The van der Waals surface area contributed by atoms with E-state index in [4.69, 9.17) is 0 Å². The van der Waals surface area contributed by atoms with Gasteiger partial charge in [0.05, 0.1) is 0 Å². The van der Waals surface area contributed by atoms with Gasteiger partial charge in [-0.05, 0) is 0 Å². The fraction of sp³-hybridized carbons (Fsp3) is 0.800. The van der Waals surface area contributed by atoms with E-state index < -0.39 is 8.24 Å². The molecule has 13 heavy (non-hydrogen) atoms. The molecule has 0 aromatic carbocycles. The SMILES string of the molecule is C=CCN1CCN([Si](C)(C)C)CC1. The van der Waals surface area contributed by atoms with Crippen LogP contribution in [0.15, 0.2) is 12.7 Å². The molecule has 0 aromatic heterocycles. The maximum absolute atomic E-state index is 3.78. The van der Waals surface area contributed by atoms with E-state index in [0.29, 0.717) is 0 Å². The Bertz CT molecular complexity index is 166. The highest BCUT2D eigenvalue weighted by Crippen LogP contribution is 2.12. The molecule has 3 heteroatoms. The number of piperazine rings is 1. The third-order valence-electron chi connectivity index (χ3n) is 2.71. The lowest BCUT2D eigenvalue weighted by Gasteiger charge is -2.41.